The highest BCUT2D eigenvalue weighted by molar-refractivity contribution is 5.71. The minimum Gasteiger partial charge on any atom is -0.352 e. The van der Waals surface area contributed by atoms with Crippen molar-refractivity contribution in [2.24, 2.45) is 5.73 Å². The molecule has 1 heterocycles. The summed E-state index contributed by atoms with van der Waals surface area (Å²) in [6, 6.07) is -0.427. The minimum atomic E-state index is -0.427. The second-order valence-electron chi connectivity index (χ2n) is 2.84. The number of primary amides is 1. The third-order valence-corrected chi connectivity index (χ3v) is 1.93. The summed E-state index contributed by atoms with van der Waals surface area (Å²) < 4.78 is 0. The fourth-order valence-corrected chi connectivity index (χ4v) is 1.34. The molecule has 1 saturated heterocycles. The molecule has 0 unspecified atom stereocenters. The number of amides is 2. The van der Waals surface area contributed by atoms with Crippen molar-refractivity contribution >= 4 is 6.03 Å². The predicted molar refractivity (Wildman–Crippen MR) is 45.4 cm³/mol. The summed E-state index contributed by atoms with van der Waals surface area (Å²) in [6.07, 6.45) is 2.58. The summed E-state index contributed by atoms with van der Waals surface area (Å²) >= 11 is 0. The van der Waals surface area contributed by atoms with Crippen molar-refractivity contribution in [3.05, 3.63) is 0 Å². The SMILES string of the molecule is NC(=O)NCCN1CCCC1.[HH]. The highest BCUT2D eigenvalue weighted by atomic mass is 16.2. The van der Waals surface area contributed by atoms with Crippen LogP contribution in [0.1, 0.15) is 14.3 Å². The lowest BCUT2D eigenvalue weighted by Crippen LogP contribution is -2.36. The molecule has 0 spiro atoms. The van der Waals surface area contributed by atoms with E-state index in [1.807, 2.05) is 0 Å². The molecule has 3 N–H and O–H groups in total. The molecular weight excluding hydrogens is 142 g/mol. The van der Waals surface area contributed by atoms with Gasteiger partial charge in [-0.05, 0) is 25.9 Å². The van der Waals surface area contributed by atoms with Gasteiger partial charge in [0.15, 0.2) is 0 Å². The Morgan fingerprint density at radius 3 is 2.73 bits per heavy atom. The van der Waals surface area contributed by atoms with Gasteiger partial charge in [0.2, 0.25) is 0 Å². The summed E-state index contributed by atoms with van der Waals surface area (Å²) in [5, 5.41) is 2.57. The maximum absolute atomic E-state index is 10.3. The second kappa shape index (κ2) is 4.18. The van der Waals surface area contributed by atoms with Crippen LogP contribution in [0.25, 0.3) is 0 Å². The molecule has 0 bridgehead atoms. The smallest absolute Gasteiger partial charge is 0.312 e. The number of carbonyl (C=O) groups is 1. The number of hydrogen-bond donors (Lipinski definition) is 2. The fourth-order valence-electron chi connectivity index (χ4n) is 1.34. The van der Waals surface area contributed by atoms with E-state index in [1.54, 1.807) is 0 Å². The number of likely N-dealkylation sites (tertiary alicyclic amines) is 1. The van der Waals surface area contributed by atoms with Gasteiger partial charge >= 0.3 is 6.03 Å². The van der Waals surface area contributed by atoms with Crippen LogP contribution in [0.15, 0.2) is 0 Å². The van der Waals surface area contributed by atoms with Crippen molar-refractivity contribution in [3.8, 4) is 0 Å². The third-order valence-electron chi connectivity index (χ3n) is 1.93. The number of carbonyl (C=O) groups excluding carboxylic acids is 1. The summed E-state index contributed by atoms with van der Waals surface area (Å²) in [6.45, 7) is 3.94. The average molecular weight is 159 g/mol. The highest BCUT2D eigenvalue weighted by Crippen LogP contribution is 2.05. The predicted octanol–water partition coefficient (Wildman–Crippen LogP) is -0.00350. The van der Waals surface area contributed by atoms with Gasteiger partial charge < -0.3 is 16.0 Å². The molecular formula is C7H17N3O. The van der Waals surface area contributed by atoms with Gasteiger partial charge in [-0.1, -0.05) is 0 Å². The van der Waals surface area contributed by atoms with Crippen molar-refractivity contribution in [2.45, 2.75) is 12.8 Å². The van der Waals surface area contributed by atoms with E-state index < -0.39 is 6.03 Å². The van der Waals surface area contributed by atoms with Crippen LogP contribution in [0.3, 0.4) is 0 Å². The van der Waals surface area contributed by atoms with Crippen molar-refractivity contribution in [1.82, 2.24) is 10.2 Å². The Hall–Kier alpha value is -0.770. The van der Waals surface area contributed by atoms with Crippen molar-refractivity contribution < 1.29 is 6.22 Å². The summed E-state index contributed by atoms with van der Waals surface area (Å²) in [5.74, 6) is 0. The normalized spacial score (nSPS) is 18.5. The van der Waals surface area contributed by atoms with E-state index in [4.69, 9.17) is 5.73 Å². The van der Waals surface area contributed by atoms with E-state index in [-0.39, 0.29) is 1.43 Å². The number of urea groups is 1. The fraction of sp³-hybridized carbons (Fsp3) is 0.857. The van der Waals surface area contributed by atoms with Gasteiger partial charge in [-0.3, -0.25) is 0 Å². The Labute approximate surface area is 68.2 Å². The molecule has 0 aromatic rings. The lowest BCUT2D eigenvalue weighted by Gasteiger charge is -2.13. The van der Waals surface area contributed by atoms with Crippen molar-refractivity contribution in [3.63, 3.8) is 0 Å². The first-order chi connectivity index (χ1) is 5.29. The topological polar surface area (TPSA) is 58.4 Å². The molecule has 0 aliphatic carbocycles. The van der Waals surface area contributed by atoms with Crippen molar-refractivity contribution in [1.29, 1.82) is 0 Å². The Balaban J connectivity index is 0.00000121. The molecule has 0 radical (unpaired) electrons. The largest absolute Gasteiger partial charge is 0.352 e. The summed E-state index contributed by atoms with van der Waals surface area (Å²) in [5.41, 5.74) is 4.91. The zero-order valence-corrected chi connectivity index (χ0v) is 6.68. The monoisotopic (exact) mass is 159 g/mol. The molecule has 66 valence electrons. The third kappa shape index (κ3) is 3.23. The van der Waals surface area contributed by atoms with E-state index in [0.717, 1.165) is 6.54 Å². The minimum absolute atomic E-state index is 0. The van der Waals surface area contributed by atoms with Gasteiger partial charge in [0.05, 0.1) is 0 Å². The lowest BCUT2D eigenvalue weighted by atomic mass is 10.4. The number of nitrogens with zero attached hydrogens (tertiary/aromatic N) is 1. The molecule has 0 saturated carbocycles. The van der Waals surface area contributed by atoms with E-state index in [1.165, 1.54) is 25.9 Å². The number of nitrogens with one attached hydrogen (secondary N) is 1. The first kappa shape index (κ1) is 8.33. The van der Waals surface area contributed by atoms with Crippen LogP contribution in [-0.2, 0) is 0 Å². The van der Waals surface area contributed by atoms with E-state index in [9.17, 15) is 4.79 Å². The van der Waals surface area contributed by atoms with Crippen LogP contribution in [0.2, 0.25) is 0 Å². The quantitative estimate of drug-likeness (QED) is 0.609. The molecule has 4 nitrogen and oxygen atoms in total. The number of nitrogens with two attached hydrogens (primary N) is 1. The van der Waals surface area contributed by atoms with Crippen LogP contribution in [0.5, 0.6) is 0 Å². The highest BCUT2D eigenvalue weighted by Gasteiger charge is 2.09. The molecule has 2 amide bonds. The zero-order chi connectivity index (χ0) is 8.10. The molecule has 1 aliphatic rings. The maximum atomic E-state index is 10.3. The first-order valence-corrected chi connectivity index (χ1v) is 4.05. The maximum Gasteiger partial charge on any atom is 0.312 e. The van der Waals surface area contributed by atoms with E-state index in [0.29, 0.717) is 6.54 Å². The van der Waals surface area contributed by atoms with Crippen molar-refractivity contribution in [2.75, 3.05) is 26.2 Å². The van der Waals surface area contributed by atoms with E-state index in [2.05, 4.69) is 10.2 Å². The van der Waals surface area contributed by atoms with Gasteiger partial charge in [0, 0.05) is 14.5 Å². The Morgan fingerprint density at radius 1 is 1.55 bits per heavy atom. The second-order valence-corrected chi connectivity index (χ2v) is 2.84. The Kier molecular flexibility index (Phi) is 3.16. The Morgan fingerprint density at radius 2 is 2.18 bits per heavy atom. The lowest BCUT2D eigenvalue weighted by molar-refractivity contribution is 0.246. The van der Waals surface area contributed by atoms with Gasteiger partial charge in [-0.15, -0.1) is 0 Å². The number of hydrogen-bond acceptors (Lipinski definition) is 2. The molecule has 1 rings (SSSR count). The molecule has 1 aliphatic heterocycles. The summed E-state index contributed by atoms with van der Waals surface area (Å²) in [7, 11) is 0. The molecule has 0 aromatic carbocycles. The van der Waals surface area contributed by atoms with Gasteiger partial charge in [-0.25, -0.2) is 4.79 Å². The standard InChI is InChI=1S/C7H15N3O.H2/c8-7(11)9-3-6-10-4-1-2-5-10;/h1-6H2,(H3,8,9,11);1H. The van der Waals surface area contributed by atoms with Crippen LogP contribution in [-0.4, -0.2) is 37.1 Å². The summed E-state index contributed by atoms with van der Waals surface area (Å²) in [4.78, 5) is 12.6. The van der Waals surface area contributed by atoms with Crippen LogP contribution < -0.4 is 11.1 Å². The molecule has 1 fully saturated rings. The van der Waals surface area contributed by atoms with Gasteiger partial charge in [0.25, 0.3) is 0 Å². The van der Waals surface area contributed by atoms with Gasteiger partial charge in [-0.2, -0.15) is 0 Å². The van der Waals surface area contributed by atoms with Crippen LogP contribution >= 0.6 is 0 Å². The Bertz CT molecular complexity index is 137. The number of rotatable bonds is 3. The zero-order valence-electron chi connectivity index (χ0n) is 6.68. The van der Waals surface area contributed by atoms with Crippen LogP contribution in [0, 0.1) is 0 Å². The molecule has 11 heavy (non-hydrogen) atoms. The van der Waals surface area contributed by atoms with Gasteiger partial charge in [0.1, 0.15) is 0 Å². The van der Waals surface area contributed by atoms with E-state index >= 15 is 0 Å². The molecule has 0 atom stereocenters. The first-order valence-electron chi connectivity index (χ1n) is 4.05. The average Bonchev–Trinajstić information content (AvgIpc) is 2.39. The molecule has 0 aromatic heterocycles. The van der Waals surface area contributed by atoms with Crippen LogP contribution in [0.4, 0.5) is 4.79 Å². The molecule has 4 heteroatoms.